The van der Waals surface area contributed by atoms with Gasteiger partial charge < -0.3 is 14.6 Å². The summed E-state index contributed by atoms with van der Waals surface area (Å²) in [5.41, 5.74) is 2.31. The molecule has 0 bridgehead atoms. The van der Waals surface area contributed by atoms with Gasteiger partial charge in [-0.25, -0.2) is 0 Å². The number of hydrogen-bond donors (Lipinski definition) is 1. The Kier molecular flexibility index (Phi) is 4.56. The highest BCUT2D eigenvalue weighted by molar-refractivity contribution is 6.06. The second-order valence-corrected chi connectivity index (χ2v) is 5.33. The minimum atomic E-state index is -0.237. The van der Waals surface area contributed by atoms with Crippen LogP contribution in [0.3, 0.4) is 0 Å². The van der Waals surface area contributed by atoms with Gasteiger partial charge in [0.1, 0.15) is 5.75 Å². The lowest BCUT2D eigenvalue weighted by atomic mass is 10.1. The van der Waals surface area contributed by atoms with Crippen LogP contribution in [0.2, 0.25) is 0 Å². The molecule has 0 radical (unpaired) electrons. The molecule has 2 aromatic carbocycles. The van der Waals surface area contributed by atoms with Crippen molar-refractivity contribution in [3.8, 4) is 5.75 Å². The molecular weight excluding hydrogens is 306 g/mol. The lowest BCUT2D eigenvalue weighted by Gasteiger charge is -2.10. The van der Waals surface area contributed by atoms with Crippen molar-refractivity contribution in [3.63, 3.8) is 0 Å². The largest absolute Gasteiger partial charge is 0.485 e. The van der Waals surface area contributed by atoms with E-state index in [0.717, 1.165) is 11.3 Å². The molecule has 0 atom stereocenters. The van der Waals surface area contributed by atoms with Crippen LogP contribution in [0.1, 0.15) is 27.6 Å². The summed E-state index contributed by atoms with van der Waals surface area (Å²) in [6.45, 7) is 3.83. The average Bonchev–Trinajstić information content (AvgIpc) is 3.01. The first kappa shape index (κ1) is 15.7. The van der Waals surface area contributed by atoms with Gasteiger partial charge in [0.25, 0.3) is 5.91 Å². The predicted octanol–water partition coefficient (Wildman–Crippen LogP) is 3.52. The molecule has 122 valence electrons. The van der Waals surface area contributed by atoms with E-state index in [-0.39, 0.29) is 12.5 Å². The van der Waals surface area contributed by atoms with Gasteiger partial charge in [-0.3, -0.25) is 4.79 Å². The molecule has 0 saturated carbocycles. The summed E-state index contributed by atoms with van der Waals surface area (Å²) in [5.74, 6) is 1.13. The molecule has 0 fully saturated rings. The third kappa shape index (κ3) is 3.78. The highest BCUT2D eigenvalue weighted by Crippen LogP contribution is 2.21. The maximum atomic E-state index is 12.5. The summed E-state index contributed by atoms with van der Waals surface area (Å²) >= 11 is 0. The van der Waals surface area contributed by atoms with E-state index >= 15 is 0 Å². The number of benzene rings is 2. The van der Waals surface area contributed by atoms with E-state index in [0.29, 0.717) is 23.0 Å². The summed E-state index contributed by atoms with van der Waals surface area (Å²) in [5, 5.41) is 6.63. The first-order chi connectivity index (χ1) is 11.6. The summed E-state index contributed by atoms with van der Waals surface area (Å²) in [7, 11) is 0. The van der Waals surface area contributed by atoms with Crippen LogP contribution in [0.25, 0.3) is 0 Å². The molecule has 6 nitrogen and oxygen atoms in total. The number of aryl methyl sites for hydroxylation is 2. The van der Waals surface area contributed by atoms with Crippen LogP contribution in [0, 0.1) is 13.8 Å². The standard InChI is InChI=1S/C18H17N3O3/c1-12-7-9-14(10-8-12)20-18(22)15-5-3-4-6-16(15)23-11-17-19-13(2)24-21-17/h3-10H,11H2,1-2H3,(H,20,22). The van der Waals surface area contributed by atoms with E-state index in [4.69, 9.17) is 9.26 Å². The zero-order chi connectivity index (χ0) is 16.9. The zero-order valence-electron chi connectivity index (χ0n) is 13.4. The lowest BCUT2D eigenvalue weighted by Crippen LogP contribution is -2.13. The predicted molar refractivity (Wildman–Crippen MR) is 88.9 cm³/mol. The van der Waals surface area contributed by atoms with Crippen LogP contribution >= 0.6 is 0 Å². The Hall–Kier alpha value is -3.15. The van der Waals surface area contributed by atoms with Crippen molar-refractivity contribution in [3.05, 3.63) is 71.4 Å². The maximum Gasteiger partial charge on any atom is 0.259 e. The Balaban J connectivity index is 1.72. The molecule has 0 aliphatic rings. The Labute approximate surface area is 139 Å². The van der Waals surface area contributed by atoms with Crippen molar-refractivity contribution in [2.45, 2.75) is 20.5 Å². The number of anilines is 1. The fourth-order valence-corrected chi connectivity index (χ4v) is 2.16. The van der Waals surface area contributed by atoms with Crippen LogP contribution in [-0.4, -0.2) is 16.0 Å². The van der Waals surface area contributed by atoms with Crippen LogP contribution in [0.4, 0.5) is 5.69 Å². The monoisotopic (exact) mass is 323 g/mol. The molecule has 0 aliphatic carbocycles. The molecule has 3 rings (SSSR count). The number of aromatic nitrogens is 2. The fourth-order valence-electron chi connectivity index (χ4n) is 2.16. The molecule has 1 aromatic heterocycles. The van der Waals surface area contributed by atoms with Crippen LogP contribution in [-0.2, 0) is 6.61 Å². The first-order valence-corrected chi connectivity index (χ1v) is 7.51. The van der Waals surface area contributed by atoms with E-state index in [1.54, 1.807) is 31.2 Å². The second kappa shape index (κ2) is 6.95. The SMILES string of the molecule is Cc1ccc(NC(=O)c2ccccc2OCc2noc(C)n2)cc1. The van der Waals surface area contributed by atoms with Gasteiger partial charge in [-0.2, -0.15) is 4.98 Å². The lowest BCUT2D eigenvalue weighted by molar-refractivity contribution is 0.102. The molecular formula is C18H17N3O3. The van der Waals surface area contributed by atoms with Crippen LogP contribution in [0.5, 0.6) is 5.75 Å². The number of rotatable bonds is 5. The molecule has 3 aromatic rings. The normalized spacial score (nSPS) is 10.4. The van der Waals surface area contributed by atoms with Gasteiger partial charge in [0.2, 0.25) is 11.7 Å². The number of nitrogens with one attached hydrogen (secondary N) is 1. The van der Waals surface area contributed by atoms with Gasteiger partial charge in [0, 0.05) is 12.6 Å². The van der Waals surface area contributed by atoms with Gasteiger partial charge in [-0.15, -0.1) is 0 Å². The summed E-state index contributed by atoms with van der Waals surface area (Å²) < 4.78 is 10.6. The van der Waals surface area contributed by atoms with Gasteiger partial charge in [-0.1, -0.05) is 35.0 Å². The molecule has 6 heteroatoms. The van der Waals surface area contributed by atoms with Crippen molar-refractivity contribution in [2.75, 3.05) is 5.32 Å². The van der Waals surface area contributed by atoms with Crippen LogP contribution < -0.4 is 10.1 Å². The fraction of sp³-hybridized carbons (Fsp3) is 0.167. The maximum absolute atomic E-state index is 12.5. The molecule has 0 saturated heterocycles. The second-order valence-electron chi connectivity index (χ2n) is 5.33. The van der Waals surface area contributed by atoms with Crippen molar-refractivity contribution >= 4 is 11.6 Å². The Morgan fingerprint density at radius 3 is 2.58 bits per heavy atom. The zero-order valence-corrected chi connectivity index (χ0v) is 13.4. The number of carbonyl (C=O) groups is 1. The topological polar surface area (TPSA) is 77.2 Å². The quantitative estimate of drug-likeness (QED) is 0.777. The van der Waals surface area contributed by atoms with E-state index in [9.17, 15) is 4.79 Å². The highest BCUT2D eigenvalue weighted by Gasteiger charge is 2.13. The summed E-state index contributed by atoms with van der Waals surface area (Å²) in [6, 6.07) is 14.6. The third-order valence-electron chi connectivity index (χ3n) is 3.37. The van der Waals surface area contributed by atoms with Crippen molar-refractivity contribution < 1.29 is 14.1 Å². The van der Waals surface area contributed by atoms with Crippen molar-refractivity contribution in [1.82, 2.24) is 10.1 Å². The highest BCUT2D eigenvalue weighted by atomic mass is 16.5. The van der Waals surface area contributed by atoms with Gasteiger partial charge in [0.15, 0.2) is 6.61 Å². The van der Waals surface area contributed by atoms with Gasteiger partial charge >= 0.3 is 0 Å². The van der Waals surface area contributed by atoms with E-state index in [1.165, 1.54) is 0 Å². The summed E-state index contributed by atoms with van der Waals surface area (Å²) in [4.78, 5) is 16.6. The minimum Gasteiger partial charge on any atom is -0.485 e. The Bertz CT molecular complexity index is 841. The van der Waals surface area contributed by atoms with Crippen molar-refractivity contribution in [2.24, 2.45) is 0 Å². The minimum absolute atomic E-state index is 0.131. The summed E-state index contributed by atoms with van der Waals surface area (Å²) in [6.07, 6.45) is 0. The van der Waals surface area contributed by atoms with E-state index < -0.39 is 0 Å². The number of carbonyl (C=O) groups excluding carboxylic acids is 1. The third-order valence-corrected chi connectivity index (χ3v) is 3.37. The number of para-hydroxylation sites is 1. The molecule has 0 spiro atoms. The Morgan fingerprint density at radius 2 is 1.88 bits per heavy atom. The first-order valence-electron chi connectivity index (χ1n) is 7.51. The number of hydrogen-bond acceptors (Lipinski definition) is 5. The van der Waals surface area contributed by atoms with E-state index in [1.807, 2.05) is 31.2 Å². The molecule has 1 heterocycles. The smallest absolute Gasteiger partial charge is 0.259 e. The molecule has 1 N–H and O–H groups in total. The molecule has 1 amide bonds. The van der Waals surface area contributed by atoms with E-state index in [2.05, 4.69) is 15.5 Å². The van der Waals surface area contributed by atoms with Gasteiger partial charge in [-0.05, 0) is 31.2 Å². The Morgan fingerprint density at radius 1 is 1.12 bits per heavy atom. The van der Waals surface area contributed by atoms with Gasteiger partial charge in [0.05, 0.1) is 5.56 Å². The van der Waals surface area contributed by atoms with Crippen LogP contribution in [0.15, 0.2) is 53.1 Å². The van der Waals surface area contributed by atoms with Crippen molar-refractivity contribution in [1.29, 1.82) is 0 Å². The number of ether oxygens (including phenoxy) is 1. The molecule has 24 heavy (non-hydrogen) atoms. The number of nitrogens with zero attached hydrogens (tertiary/aromatic N) is 2. The molecule has 0 aliphatic heterocycles. The number of amides is 1. The molecule has 0 unspecified atom stereocenters. The average molecular weight is 323 g/mol.